The van der Waals surface area contributed by atoms with Crippen LogP contribution >= 0.6 is 0 Å². The highest BCUT2D eigenvalue weighted by Gasteiger charge is 2.23. The quantitative estimate of drug-likeness (QED) is 0.597. The van der Waals surface area contributed by atoms with Gasteiger partial charge in [0, 0.05) is 33.4 Å². The van der Waals surface area contributed by atoms with Crippen molar-refractivity contribution in [3.8, 4) is 0 Å². The van der Waals surface area contributed by atoms with Crippen LogP contribution in [0.2, 0.25) is 0 Å². The van der Waals surface area contributed by atoms with Gasteiger partial charge in [-0.2, -0.15) is 0 Å². The van der Waals surface area contributed by atoms with E-state index >= 15 is 0 Å². The molecule has 0 bridgehead atoms. The second-order valence-corrected chi connectivity index (χ2v) is 4.01. The Kier molecular flexibility index (Phi) is 8.21. The van der Waals surface area contributed by atoms with Crippen molar-refractivity contribution in [1.82, 2.24) is 4.90 Å². The van der Waals surface area contributed by atoms with Crippen molar-refractivity contribution in [2.24, 2.45) is 0 Å². The molecule has 16 heavy (non-hydrogen) atoms. The zero-order valence-corrected chi connectivity index (χ0v) is 11.2. The van der Waals surface area contributed by atoms with E-state index < -0.39 is 0 Å². The number of methoxy groups -OCH3 is 2. The predicted octanol–water partition coefficient (Wildman–Crippen LogP) is 1.68. The topological polar surface area (TPSA) is 38.8 Å². The normalized spacial score (nSPS) is 14.6. The number of hydrogen-bond acceptors (Lipinski definition) is 3. The van der Waals surface area contributed by atoms with Crippen molar-refractivity contribution in [2.45, 2.75) is 45.8 Å². The number of carbonyl (C=O) groups excluding carboxylic acids is 1. The van der Waals surface area contributed by atoms with Crippen molar-refractivity contribution in [2.75, 3.05) is 27.4 Å². The van der Waals surface area contributed by atoms with Gasteiger partial charge in [-0.1, -0.05) is 6.92 Å². The summed E-state index contributed by atoms with van der Waals surface area (Å²) < 4.78 is 10.1. The van der Waals surface area contributed by atoms with Gasteiger partial charge in [-0.15, -0.1) is 0 Å². The Bertz CT molecular complexity index is 197. The third-order valence-electron chi connectivity index (χ3n) is 2.85. The van der Waals surface area contributed by atoms with E-state index in [1.165, 1.54) is 0 Å². The molecule has 0 saturated carbocycles. The first-order valence-electron chi connectivity index (χ1n) is 5.90. The average Bonchev–Trinajstić information content (AvgIpc) is 2.32. The maximum absolute atomic E-state index is 12.0. The van der Waals surface area contributed by atoms with Gasteiger partial charge in [-0.3, -0.25) is 4.79 Å². The Hall–Kier alpha value is -0.610. The van der Waals surface area contributed by atoms with E-state index in [4.69, 9.17) is 9.47 Å². The molecule has 1 amide bonds. The third-order valence-corrected chi connectivity index (χ3v) is 2.85. The lowest BCUT2D eigenvalue weighted by molar-refractivity contribution is -0.143. The lowest BCUT2D eigenvalue weighted by atomic mass is 10.2. The predicted molar refractivity (Wildman–Crippen MR) is 64.4 cm³/mol. The summed E-state index contributed by atoms with van der Waals surface area (Å²) in [4.78, 5) is 13.9. The van der Waals surface area contributed by atoms with Gasteiger partial charge in [0.05, 0.1) is 0 Å². The Balaban J connectivity index is 4.35. The number of rotatable bonds is 8. The summed E-state index contributed by atoms with van der Waals surface area (Å²) in [6.45, 7) is 7.34. The molecule has 0 aromatic heterocycles. The first-order valence-corrected chi connectivity index (χ1v) is 5.90. The van der Waals surface area contributed by atoms with Crippen LogP contribution in [0.4, 0.5) is 0 Å². The monoisotopic (exact) mass is 231 g/mol. The van der Waals surface area contributed by atoms with Gasteiger partial charge < -0.3 is 14.4 Å². The lowest BCUT2D eigenvalue weighted by Gasteiger charge is -2.30. The van der Waals surface area contributed by atoms with E-state index in [1.54, 1.807) is 21.1 Å². The molecule has 0 aromatic carbocycles. The van der Waals surface area contributed by atoms with Gasteiger partial charge in [0.2, 0.25) is 0 Å². The molecule has 1 unspecified atom stereocenters. The highest BCUT2D eigenvalue weighted by molar-refractivity contribution is 5.80. The molecule has 0 aliphatic carbocycles. The first-order chi connectivity index (χ1) is 7.58. The van der Waals surface area contributed by atoms with Crippen LogP contribution in [-0.4, -0.2) is 50.3 Å². The Morgan fingerprint density at radius 1 is 1.31 bits per heavy atom. The highest BCUT2D eigenvalue weighted by Crippen LogP contribution is 2.08. The molecule has 0 N–H and O–H groups in total. The summed E-state index contributed by atoms with van der Waals surface area (Å²) in [7, 11) is 3.24. The molecule has 2 atom stereocenters. The Labute approximate surface area is 98.9 Å². The van der Waals surface area contributed by atoms with Gasteiger partial charge in [0.25, 0.3) is 5.91 Å². The molecule has 4 nitrogen and oxygen atoms in total. The third kappa shape index (κ3) is 4.94. The molecule has 0 spiro atoms. The maximum atomic E-state index is 12.0. The Morgan fingerprint density at radius 2 is 1.94 bits per heavy atom. The van der Waals surface area contributed by atoms with Gasteiger partial charge in [-0.25, -0.2) is 0 Å². The molecular formula is C12H25NO3. The van der Waals surface area contributed by atoms with Gasteiger partial charge in [0.1, 0.15) is 6.10 Å². The summed E-state index contributed by atoms with van der Waals surface area (Å²) in [6, 6.07) is 0.252. The molecule has 0 aliphatic rings. The van der Waals surface area contributed by atoms with E-state index in [0.717, 1.165) is 19.4 Å². The zero-order valence-electron chi connectivity index (χ0n) is 11.2. The van der Waals surface area contributed by atoms with Crippen molar-refractivity contribution in [3.63, 3.8) is 0 Å². The van der Waals surface area contributed by atoms with E-state index in [0.29, 0.717) is 6.61 Å². The van der Waals surface area contributed by atoms with Crippen molar-refractivity contribution >= 4 is 5.91 Å². The maximum Gasteiger partial charge on any atom is 0.251 e. The fourth-order valence-electron chi connectivity index (χ4n) is 1.48. The number of hydrogen-bond donors (Lipinski definition) is 0. The van der Waals surface area contributed by atoms with Crippen LogP contribution < -0.4 is 0 Å². The van der Waals surface area contributed by atoms with Crippen LogP contribution in [0.25, 0.3) is 0 Å². The van der Waals surface area contributed by atoms with Crippen molar-refractivity contribution in [3.05, 3.63) is 0 Å². The molecule has 0 fully saturated rings. The number of carbonyl (C=O) groups is 1. The smallest absolute Gasteiger partial charge is 0.251 e. The molecule has 4 heteroatoms. The highest BCUT2D eigenvalue weighted by atomic mass is 16.5. The molecule has 0 radical (unpaired) electrons. The standard InChI is InChI=1S/C12H25NO3/c1-6-10(2)13(8-7-9-15-4)12(14)11(3)16-5/h10-11H,6-9H2,1-5H3/t10?,11-/m1/s1. The minimum Gasteiger partial charge on any atom is -0.385 e. The first kappa shape index (κ1) is 15.4. The number of amides is 1. The molecule has 0 aliphatic heterocycles. The molecular weight excluding hydrogens is 206 g/mol. The molecule has 0 rings (SSSR count). The number of nitrogens with zero attached hydrogens (tertiary/aromatic N) is 1. The fourth-order valence-corrected chi connectivity index (χ4v) is 1.48. The van der Waals surface area contributed by atoms with Gasteiger partial charge in [0.15, 0.2) is 0 Å². The summed E-state index contributed by atoms with van der Waals surface area (Å²) >= 11 is 0. The van der Waals surface area contributed by atoms with Crippen LogP contribution in [0, 0.1) is 0 Å². The van der Waals surface area contributed by atoms with Gasteiger partial charge >= 0.3 is 0 Å². The molecule has 96 valence electrons. The van der Waals surface area contributed by atoms with E-state index in [-0.39, 0.29) is 18.1 Å². The van der Waals surface area contributed by atoms with Crippen molar-refractivity contribution < 1.29 is 14.3 Å². The van der Waals surface area contributed by atoms with Gasteiger partial charge in [-0.05, 0) is 26.7 Å². The van der Waals surface area contributed by atoms with Crippen molar-refractivity contribution in [1.29, 1.82) is 0 Å². The van der Waals surface area contributed by atoms with Crippen LogP contribution in [-0.2, 0) is 14.3 Å². The second-order valence-electron chi connectivity index (χ2n) is 4.01. The second kappa shape index (κ2) is 8.53. The summed E-state index contributed by atoms with van der Waals surface area (Å²) in [6.07, 6.45) is 1.45. The summed E-state index contributed by atoms with van der Waals surface area (Å²) in [5.41, 5.74) is 0. The van der Waals surface area contributed by atoms with Crippen LogP contribution in [0.15, 0.2) is 0 Å². The minimum absolute atomic E-state index is 0.0629. The molecule has 0 aromatic rings. The lowest BCUT2D eigenvalue weighted by Crippen LogP contribution is -2.44. The van der Waals surface area contributed by atoms with E-state index in [9.17, 15) is 4.79 Å². The summed E-state index contributed by atoms with van der Waals surface area (Å²) in [5, 5.41) is 0. The fraction of sp³-hybridized carbons (Fsp3) is 0.917. The van der Waals surface area contributed by atoms with Crippen LogP contribution in [0.3, 0.4) is 0 Å². The van der Waals surface area contributed by atoms with E-state index in [1.807, 2.05) is 4.90 Å². The Morgan fingerprint density at radius 3 is 2.38 bits per heavy atom. The average molecular weight is 231 g/mol. The number of ether oxygens (including phenoxy) is 2. The van der Waals surface area contributed by atoms with Crippen LogP contribution in [0.5, 0.6) is 0 Å². The van der Waals surface area contributed by atoms with Crippen LogP contribution in [0.1, 0.15) is 33.6 Å². The molecule has 0 saturated heterocycles. The minimum atomic E-state index is -0.364. The zero-order chi connectivity index (χ0) is 12.6. The largest absolute Gasteiger partial charge is 0.385 e. The summed E-state index contributed by atoms with van der Waals surface area (Å²) in [5.74, 6) is 0.0629. The molecule has 0 heterocycles. The SMILES string of the molecule is CCC(C)N(CCCOC)C(=O)[C@@H](C)OC. The van der Waals surface area contributed by atoms with E-state index in [2.05, 4.69) is 13.8 Å².